The molecule has 3 heteroatoms. The molecular formula is C7H16N2O. The minimum atomic E-state index is -0.379. The summed E-state index contributed by atoms with van der Waals surface area (Å²) in [6.45, 7) is 5.13. The van der Waals surface area contributed by atoms with Crippen LogP contribution in [0.25, 0.3) is 0 Å². The van der Waals surface area contributed by atoms with E-state index in [0.29, 0.717) is 6.54 Å². The monoisotopic (exact) mass is 144 g/mol. The Morgan fingerprint density at radius 3 is 2.60 bits per heavy atom. The van der Waals surface area contributed by atoms with Gasteiger partial charge >= 0.3 is 0 Å². The molecule has 3 nitrogen and oxygen atoms in total. The van der Waals surface area contributed by atoms with E-state index < -0.39 is 0 Å². The number of rotatable bonds is 4. The molecule has 0 heterocycles. The minimum absolute atomic E-state index is 0.379. The van der Waals surface area contributed by atoms with Gasteiger partial charge < -0.3 is 10.5 Å². The van der Waals surface area contributed by atoms with Gasteiger partial charge in [-0.25, -0.2) is 0 Å². The van der Waals surface area contributed by atoms with E-state index >= 15 is 0 Å². The highest BCUT2D eigenvalue weighted by molar-refractivity contribution is 5.68. The maximum atomic E-state index is 5.44. The third kappa shape index (κ3) is 2.94. The summed E-state index contributed by atoms with van der Waals surface area (Å²) in [5.74, 6) is 0. The van der Waals surface area contributed by atoms with Gasteiger partial charge in [-0.05, 0) is 13.8 Å². The lowest BCUT2D eigenvalue weighted by molar-refractivity contribution is 0.0779. The van der Waals surface area contributed by atoms with Gasteiger partial charge in [0, 0.05) is 26.4 Å². The molecule has 1 atom stereocenters. The van der Waals surface area contributed by atoms with Crippen LogP contribution in [0.1, 0.15) is 13.8 Å². The second-order valence-electron chi connectivity index (χ2n) is 2.35. The molecule has 0 aromatic rings. The van der Waals surface area contributed by atoms with Crippen molar-refractivity contribution in [3.05, 3.63) is 0 Å². The molecule has 0 bridgehead atoms. The minimum Gasteiger partial charge on any atom is -0.372 e. The maximum absolute atomic E-state index is 5.44. The van der Waals surface area contributed by atoms with Gasteiger partial charge in [0.25, 0.3) is 0 Å². The predicted molar refractivity (Wildman–Crippen MR) is 43.5 cm³/mol. The van der Waals surface area contributed by atoms with E-state index in [1.807, 2.05) is 13.8 Å². The molecule has 0 amide bonds. The Balaban J connectivity index is 3.92. The van der Waals surface area contributed by atoms with E-state index in [-0.39, 0.29) is 5.60 Å². The van der Waals surface area contributed by atoms with Crippen LogP contribution in [-0.4, -0.2) is 32.0 Å². The molecule has 0 aliphatic rings. The van der Waals surface area contributed by atoms with E-state index in [4.69, 9.17) is 10.5 Å². The van der Waals surface area contributed by atoms with Crippen LogP contribution in [0.3, 0.4) is 0 Å². The van der Waals surface area contributed by atoms with Gasteiger partial charge in [0.15, 0.2) is 0 Å². The molecule has 0 radical (unpaired) electrons. The van der Waals surface area contributed by atoms with Crippen LogP contribution >= 0.6 is 0 Å². The van der Waals surface area contributed by atoms with E-state index in [1.165, 1.54) is 0 Å². The number of methoxy groups -OCH3 is 1. The summed E-state index contributed by atoms with van der Waals surface area (Å²) in [6, 6.07) is 0. The van der Waals surface area contributed by atoms with Crippen LogP contribution in [0, 0.1) is 0 Å². The Morgan fingerprint density at radius 2 is 2.30 bits per heavy atom. The average Bonchev–Trinajstić information content (AvgIpc) is 2.00. The molecule has 0 aliphatic heterocycles. The van der Waals surface area contributed by atoms with Crippen molar-refractivity contribution in [2.45, 2.75) is 19.4 Å². The van der Waals surface area contributed by atoms with Gasteiger partial charge in [0.2, 0.25) is 0 Å². The fraction of sp³-hybridized carbons (Fsp3) is 0.857. The molecule has 0 saturated carbocycles. The Kier molecular flexibility index (Phi) is 4.23. The predicted octanol–water partition coefficient (Wildman–Crippen LogP) is 0.441. The first kappa shape index (κ1) is 9.59. The van der Waals surface area contributed by atoms with Gasteiger partial charge in [-0.2, -0.15) is 0 Å². The quantitative estimate of drug-likeness (QED) is 0.582. The molecule has 1 unspecified atom stereocenters. The average molecular weight is 144 g/mol. The number of aliphatic imine (C=N–C) groups is 1. The van der Waals surface area contributed by atoms with Crippen molar-refractivity contribution < 1.29 is 4.74 Å². The topological polar surface area (TPSA) is 47.6 Å². The summed E-state index contributed by atoms with van der Waals surface area (Å²) in [6.07, 6.45) is 1.76. The fourth-order valence-electron chi connectivity index (χ4n) is 0.473. The highest BCUT2D eigenvalue weighted by Crippen LogP contribution is 2.01. The van der Waals surface area contributed by atoms with E-state index in [1.54, 1.807) is 13.3 Å². The van der Waals surface area contributed by atoms with Gasteiger partial charge in [-0.3, -0.25) is 4.99 Å². The van der Waals surface area contributed by atoms with Crippen LogP contribution in [0.2, 0.25) is 0 Å². The molecule has 0 aromatic heterocycles. The van der Waals surface area contributed by atoms with Gasteiger partial charge in [-0.15, -0.1) is 0 Å². The SMILES string of the molecule is CCN=CC(C)(CN)OC. The van der Waals surface area contributed by atoms with Crippen molar-refractivity contribution in [2.75, 3.05) is 20.2 Å². The van der Waals surface area contributed by atoms with Crippen molar-refractivity contribution in [1.82, 2.24) is 0 Å². The third-order valence-electron chi connectivity index (χ3n) is 1.42. The molecule has 2 N–H and O–H groups in total. The summed E-state index contributed by atoms with van der Waals surface area (Å²) in [5.41, 5.74) is 5.06. The molecule has 0 spiro atoms. The van der Waals surface area contributed by atoms with Crippen LogP contribution in [0.15, 0.2) is 4.99 Å². The van der Waals surface area contributed by atoms with Gasteiger partial charge in [-0.1, -0.05) is 0 Å². The third-order valence-corrected chi connectivity index (χ3v) is 1.42. The number of nitrogens with two attached hydrogens (primary N) is 1. The molecule has 0 aromatic carbocycles. The lowest BCUT2D eigenvalue weighted by Gasteiger charge is -2.20. The Bertz CT molecular complexity index is 108. The van der Waals surface area contributed by atoms with Crippen LogP contribution in [0.5, 0.6) is 0 Å². The van der Waals surface area contributed by atoms with E-state index in [2.05, 4.69) is 4.99 Å². The molecule has 0 rings (SSSR count). The zero-order chi connectivity index (χ0) is 8.04. The molecule has 60 valence electrons. The van der Waals surface area contributed by atoms with Crippen molar-refractivity contribution in [3.8, 4) is 0 Å². The maximum Gasteiger partial charge on any atom is 0.112 e. The molecule has 0 saturated heterocycles. The first-order valence-corrected chi connectivity index (χ1v) is 3.44. The highest BCUT2D eigenvalue weighted by Gasteiger charge is 2.17. The molecule has 0 aliphatic carbocycles. The lowest BCUT2D eigenvalue weighted by Crippen LogP contribution is -2.38. The number of hydrogen-bond donors (Lipinski definition) is 1. The standard InChI is InChI=1S/C7H16N2O/c1-4-9-6-7(2,5-8)10-3/h6H,4-5,8H2,1-3H3. The summed E-state index contributed by atoms with van der Waals surface area (Å²) >= 11 is 0. The number of ether oxygens (including phenoxy) is 1. The zero-order valence-electron chi connectivity index (χ0n) is 6.92. The molecule has 0 fully saturated rings. The Morgan fingerprint density at radius 1 is 1.70 bits per heavy atom. The second kappa shape index (κ2) is 4.41. The first-order chi connectivity index (χ1) is 4.68. The summed E-state index contributed by atoms with van der Waals surface area (Å²) in [5, 5.41) is 0. The normalized spacial score (nSPS) is 17.6. The highest BCUT2D eigenvalue weighted by atomic mass is 16.5. The summed E-state index contributed by atoms with van der Waals surface area (Å²) in [7, 11) is 1.63. The van der Waals surface area contributed by atoms with Gasteiger partial charge in [0.1, 0.15) is 5.60 Å². The van der Waals surface area contributed by atoms with Crippen LogP contribution in [-0.2, 0) is 4.74 Å². The summed E-state index contributed by atoms with van der Waals surface area (Å²) in [4.78, 5) is 4.06. The lowest BCUT2D eigenvalue weighted by atomic mass is 10.1. The van der Waals surface area contributed by atoms with Crippen LogP contribution in [0.4, 0.5) is 0 Å². The smallest absolute Gasteiger partial charge is 0.112 e. The fourth-order valence-corrected chi connectivity index (χ4v) is 0.473. The van der Waals surface area contributed by atoms with E-state index in [9.17, 15) is 0 Å². The van der Waals surface area contributed by atoms with Gasteiger partial charge in [0.05, 0.1) is 0 Å². The number of hydrogen-bond acceptors (Lipinski definition) is 3. The van der Waals surface area contributed by atoms with Crippen molar-refractivity contribution in [1.29, 1.82) is 0 Å². The van der Waals surface area contributed by atoms with Crippen molar-refractivity contribution >= 4 is 6.21 Å². The van der Waals surface area contributed by atoms with Crippen molar-refractivity contribution in [2.24, 2.45) is 10.7 Å². The molecule has 10 heavy (non-hydrogen) atoms. The Hall–Kier alpha value is -0.410. The zero-order valence-corrected chi connectivity index (χ0v) is 6.92. The first-order valence-electron chi connectivity index (χ1n) is 3.44. The second-order valence-corrected chi connectivity index (χ2v) is 2.35. The van der Waals surface area contributed by atoms with Crippen molar-refractivity contribution in [3.63, 3.8) is 0 Å². The largest absolute Gasteiger partial charge is 0.372 e. The summed E-state index contributed by atoms with van der Waals surface area (Å²) < 4.78 is 5.11. The number of nitrogens with zero attached hydrogens (tertiary/aromatic N) is 1. The van der Waals surface area contributed by atoms with Crippen LogP contribution < -0.4 is 5.73 Å². The Labute approximate surface area is 62.3 Å². The molecular weight excluding hydrogens is 128 g/mol. The van der Waals surface area contributed by atoms with E-state index in [0.717, 1.165) is 6.54 Å².